The van der Waals surface area contributed by atoms with Crippen LogP contribution in [0.25, 0.3) is 16.9 Å². The van der Waals surface area contributed by atoms with Gasteiger partial charge in [0, 0.05) is 19.3 Å². The first-order valence-corrected chi connectivity index (χ1v) is 12.7. The number of nitrogens with one attached hydrogen (secondary N) is 2. The molecule has 0 aliphatic carbocycles. The Balaban J connectivity index is 1.47. The van der Waals surface area contributed by atoms with Gasteiger partial charge in [0.15, 0.2) is 0 Å². The molecule has 0 spiro atoms. The van der Waals surface area contributed by atoms with Crippen LogP contribution in [0.2, 0.25) is 0 Å². The lowest BCUT2D eigenvalue weighted by Gasteiger charge is -2.22. The molecular formula is C28H29FN8O2. The molecule has 5 rings (SSSR count). The monoisotopic (exact) mass is 528 g/mol. The number of rotatable bonds is 8. The smallest absolute Gasteiger partial charge is 0.255 e. The number of aliphatic hydroxyl groups is 1. The average molecular weight is 529 g/mol. The summed E-state index contributed by atoms with van der Waals surface area (Å²) in [6.07, 6.45) is 5.24. The second-order valence-corrected chi connectivity index (χ2v) is 10.1. The average Bonchev–Trinajstić information content (AvgIpc) is 3.61. The van der Waals surface area contributed by atoms with Crippen molar-refractivity contribution in [2.45, 2.75) is 38.5 Å². The topological polar surface area (TPSA) is 131 Å². The third kappa shape index (κ3) is 5.66. The SMILES string of the molecule is CC(C)(O)[C@H](F)CNC(=O)c1cnc(-c2ccc3cc(C#N)cnn23)cc1Nc1ccc(N2CCCC2)nc1. The molecule has 39 heavy (non-hydrogen) atoms. The van der Waals surface area contributed by atoms with E-state index in [2.05, 4.69) is 36.7 Å². The predicted octanol–water partition coefficient (Wildman–Crippen LogP) is 3.85. The molecule has 4 aromatic rings. The summed E-state index contributed by atoms with van der Waals surface area (Å²) < 4.78 is 16.0. The molecule has 10 nitrogen and oxygen atoms in total. The van der Waals surface area contributed by atoms with Crippen LogP contribution in [0.15, 0.2) is 55.0 Å². The van der Waals surface area contributed by atoms with Crippen LogP contribution in [0, 0.1) is 11.3 Å². The van der Waals surface area contributed by atoms with Crippen LogP contribution in [-0.2, 0) is 0 Å². The van der Waals surface area contributed by atoms with E-state index < -0.39 is 17.7 Å². The molecule has 200 valence electrons. The number of hydrogen-bond acceptors (Lipinski definition) is 8. The number of nitrogens with zero attached hydrogens (tertiary/aromatic N) is 6. The summed E-state index contributed by atoms with van der Waals surface area (Å²) in [5.74, 6) is 0.358. The van der Waals surface area contributed by atoms with Gasteiger partial charge >= 0.3 is 0 Å². The number of hydrogen-bond donors (Lipinski definition) is 3. The zero-order chi connectivity index (χ0) is 27.6. The maximum atomic E-state index is 14.3. The lowest BCUT2D eigenvalue weighted by Crippen LogP contribution is -2.42. The van der Waals surface area contributed by atoms with Gasteiger partial charge in [-0.1, -0.05) is 0 Å². The van der Waals surface area contributed by atoms with Gasteiger partial charge in [0.05, 0.1) is 63.9 Å². The van der Waals surface area contributed by atoms with E-state index in [1.807, 2.05) is 24.3 Å². The van der Waals surface area contributed by atoms with E-state index in [1.165, 1.54) is 26.2 Å². The summed E-state index contributed by atoms with van der Waals surface area (Å²) in [6.45, 7) is 4.30. The van der Waals surface area contributed by atoms with Gasteiger partial charge in [-0.05, 0) is 63.1 Å². The van der Waals surface area contributed by atoms with Gasteiger partial charge < -0.3 is 20.6 Å². The molecule has 1 saturated heterocycles. The Morgan fingerprint density at radius 1 is 1.15 bits per heavy atom. The standard InChI is InChI=1S/C28H29FN8O2/c1-28(2,39)25(29)17-33-27(38)21-16-31-23(24-7-6-20-11-18(13-30)14-34-37(20)24)12-22(21)35-19-5-8-26(32-15-19)36-9-3-4-10-36/h5-8,11-12,14-16,25,39H,3-4,9-10,17H2,1-2H3,(H,31,35)(H,33,38)/t25-/m1/s1. The molecule has 11 heteroatoms. The molecule has 4 aromatic heterocycles. The van der Waals surface area contributed by atoms with Gasteiger partial charge in [0.2, 0.25) is 0 Å². The fraction of sp³-hybridized carbons (Fsp3) is 0.321. The normalized spacial score (nSPS) is 14.3. The van der Waals surface area contributed by atoms with Crippen LogP contribution in [0.1, 0.15) is 42.6 Å². The molecule has 0 aromatic carbocycles. The first-order valence-electron chi connectivity index (χ1n) is 12.7. The molecule has 3 N–H and O–H groups in total. The number of nitriles is 1. The molecule has 0 unspecified atom stereocenters. The summed E-state index contributed by atoms with van der Waals surface area (Å²) in [5.41, 5.74) is 2.09. The third-order valence-electron chi connectivity index (χ3n) is 6.71. The Labute approximate surface area is 225 Å². The molecule has 0 saturated carbocycles. The van der Waals surface area contributed by atoms with E-state index >= 15 is 0 Å². The van der Waals surface area contributed by atoms with Crippen molar-refractivity contribution in [1.29, 1.82) is 5.26 Å². The van der Waals surface area contributed by atoms with Crippen molar-refractivity contribution in [2.75, 3.05) is 29.9 Å². The molecule has 1 aliphatic heterocycles. The van der Waals surface area contributed by atoms with Crippen molar-refractivity contribution in [2.24, 2.45) is 0 Å². The largest absolute Gasteiger partial charge is 0.387 e. The van der Waals surface area contributed by atoms with E-state index in [4.69, 9.17) is 0 Å². The van der Waals surface area contributed by atoms with Crippen molar-refractivity contribution in [1.82, 2.24) is 24.9 Å². The minimum absolute atomic E-state index is 0.200. The van der Waals surface area contributed by atoms with Crippen LogP contribution in [-0.4, -0.2) is 62.0 Å². The summed E-state index contributed by atoms with van der Waals surface area (Å²) >= 11 is 0. The van der Waals surface area contributed by atoms with Gasteiger partial charge in [-0.15, -0.1) is 0 Å². The van der Waals surface area contributed by atoms with Crippen molar-refractivity contribution in [3.05, 3.63) is 66.1 Å². The number of pyridine rings is 2. The van der Waals surface area contributed by atoms with Crippen LogP contribution in [0.3, 0.4) is 0 Å². The number of amides is 1. The number of anilines is 3. The highest BCUT2D eigenvalue weighted by Crippen LogP contribution is 2.28. The van der Waals surface area contributed by atoms with Gasteiger partial charge in [0.25, 0.3) is 5.91 Å². The second-order valence-electron chi connectivity index (χ2n) is 10.1. The quantitative estimate of drug-likeness (QED) is 0.314. The van der Waals surface area contributed by atoms with Crippen LogP contribution < -0.4 is 15.5 Å². The van der Waals surface area contributed by atoms with E-state index in [0.29, 0.717) is 28.3 Å². The number of carbonyl (C=O) groups is 1. The molecule has 1 amide bonds. The molecule has 1 aliphatic rings. The number of halogens is 1. The van der Waals surface area contributed by atoms with Crippen LogP contribution >= 0.6 is 0 Å². The zero-order valence-corrected chi connectivity index (χ0v) is 21.7. The summed E-state index contributed by atoms with van der Waals surface area (Å²) in [7, 11) is 0. The fourth-order valence-electron chi connectivity index (χ4n) is 4.41. The minimum Gasteiger partial charge on any atom is -0.387 e. The number of aromatic nitrogens is 4. The molecule has 0 bridgehead atoms. The van der Waals surface area contributed by atoms with Crippen LogP contribution in [0.4, 0.5) is 21.6 Å². The van der Waals surface area contributed by atoms with E-state index in [-0.39, 0.29) is 12.1 Å². The molecular weight excluding hydrogens is 499 g/mol. The number of alkyl halides is 1. The van der Waals surface area contributed by atoms with Gasteiger partial charge in [0.1, 0.15) is 18.1 Å². The third-order valence-corrected chi connectivity index (χ3v) is 6.71. The predicted molar refractivity (Wildman–Crippen MR) is 146 cm³/mol. The Bertz CT molecular complexity index is 1530. The minimum atomic E-state index is -1.65. The summed E-state index contributed by atoms with van der Waals surface area (Å²) in [5, 5.41) is 29.2. The second kappa shape index (κ2) is 10.7. The molecule has 0 radical (unpaired) electrons. The van der Waals surface area contributed by atoms with E-state index in [1.54, 1.807) is 22.8 Å². The first-order chi connectivity index (χ1) is 18.7. The highest BCUT2D eigenvalue weighted by atomic mass is 19.1. The van der Waals surface area contributed by atoms with Crippen LogP contribution in [0.5, 0.6) is 0 Å². The Hall–Kier alpha value is -4.56. The van der Waals surface area contributed by atoms with E-state index in [9.17, 15) is 19.6 Å². The van der Waals surface area contributed by atoms with Crippen molar-refractivity contribution in [3.8, 4) is 17.5 Å². The summed E-state index contributed by atoms with van der Waals surface area (Å²) in [6, 6.07) is 13.0. The lowest BCUT2D eigenvalue weighted by molar-refractivity contribution is -0.00177. The first kappa shape index (κ1) is 26.1. The number of carbonyl (C=O) groups excluding carboxylic acids is 1. The summed E-state index contributed by atoms with van der Waals surface area (Å²) in [4.78, 5) is 24.4. The van der Waals surface area contributed by atoms with Crippen molar-refractivity contribution >= 4 is 28.6 Å². The Kier molecular flexibility index (Phi) is 7.13. The highest BCUT2D eigenvalue weighted by molar-refractivity contribution is 6.00. The van der Waals surface area contributed by atoms with Crippen molar-refractivity contribution < 1.29 is 14.3 Å². The maximum Gasteiger partial charge on any atom is 0.255 e. The van der Waals surface area contributed by atoms with E-state index in [0.717, 1.165) is 37.3 Å². The molecule has 1 atom stereocenters. The number of fused-ring (bicyclic) bond motifs is 1. The molecule has 5 heterocycles. The van der Waals surface area contributed by atoms with Crippen molar-refractivity contribution in [3.63, 3.8) is 0 Å². The zero-order valence-electron chi connectivity index (χ0n) is 21.7. The molecule has 1 fully saturated rings. The Morgan fingerprint density at radius 3 is 2.64 bits per heavy atom. The van der Waals surface area contributed by atoms with Gasteiger partial charge in [-0.2, -0.15) is 10.4 Å². The van der Waals surface area contributed by atoms with Gasteiger partial charge in [-0.25, -0.2) is 13.9 Å². The highest BCUT2D eigenvalue weighted by Gasteiger charge is 2.27. The van der Waals surface area contributed by atoms with Gasteiger partial charge in [-0.3, -0.25) is 9.78 Å². The Morgan fingerprint density at radius 2 is 1.95 bits per heavy atom. The lowest BCUT2D eigenvalue weighted by atomic mass is 10.0. The maximum absolute atomic E-state index is 14.3. The fourth-order valence-corrected chi connectivity index (χ4v) is 4.41.